The quantitative estimate of drug-likeness (QED) is 0.686. The van der Waals surface area contributed by atoms with Crippen molar-refractivity contribution in [2.45, 2.75) is 11.8 Å². The molecule has 0 saturated carbocycles. The van der Waals surface area contributed by atoms with E-state index in [4.69, 9.17) is 11.6 Å². The lowest BCUT2D eigenvalue weighted by Crippen LogP contribution is -2.13. The van der Waals surface area contributed by atoms with Gasteiger partial charge in [0.2, 0.25) is 0 Å². The average Bonchev–Trinajstić information content (AvgIpc) is 2.59. The van der Waals surface area contributed by atoms with Gasteiger partial charge in [0.05, 0.1) is 16.8 Å². The second-order valence-corrected chi connectivity index (χ2v) is 7.60. The van der Waals surface area contributed by atoms with E-state index < -0.39 is 10.0 Å². The Bertz CT molecular complexity index is 955. The largest absolute Gasteiger partial charge is 0.340 e. The number of sulfonamides is 1. The topological polar surface area (TPSA) is 71.1 Å². The highest BCUT2D eigenvalue weighted by atomic mass is 35.5. The first-order valence-electron chi connectivity index (χ1n) is 7.50. The number of hydrogen-bond donors (Lipinski definition) is 2. The Labute approximate surface area is 151 Å². The van der Waals surface area contributed by atoms with Gasteiger partial charge in [0.25, 0.3) is 10.0 Å². The molecule has 0 aliphatic heterocycles. The van der Waals surface area contributed by atoms with Crippen LogP contribution in [0, 0.1) is 6.92 Å². The molecular weight excluding hydrogens is 358 g/mol. The van der Waals surface area contributed by atoms with Crippen LogP contribution in [0.4, 0.5) is 17.2 Å². The molecule has 0 aliphatic carbocycles. The summed E-state index contributed by atoms with van der Waals surface area (Å²) in [5.74, 6) is 0.598. The highest BCUT2D eigenvalue weighted by Crippen LogP contribution is 2.20. The van der Waals surface area contributed by atoms with Gasteiger partial charge in [-0.3, -0.25) is 4.72 Å². The van der Waals surface area contributed by atoms with Gasteiger partial charge in [-0.2, -0.15) is 0 Å². The third kappa shape index (κ3) is 4.49. The molecule has 2 aromatic carbocycles. The molecule has 5 nitrogen and oxygen atoms in total. The van der Waals surface area contributed by atoms with Crippen molar-refractivity contribution < 1.29 is 8.42 Å². The Morgan fingerprint density at radius 3 is 2.12 bits per heavy atom. The summed E-state index contributed by atoms with van der Waals surface area (Å²) in [7, 11) is -3.63. The molecule has 0 unspecified atom stereocenters. The number of aryl methyl sites for hydroxylation is 1. The number of nitrogens with one attached hydrogen (secondary N) is 2. The van der Waals surface area contributed by atoms with E-state index in [-0.39, 0.29) is 4.90 Å². The normalized spacial score (nSPS) is 11.1. The van der Waals surface area contributed by atoms with Crippen molar-refractivity contribution in [2.75, 3.05) is 10.0 Å². The van der Waals surface area contributed by atoms with Gasteiger partial charge in [-0.1, -0.05) is 29.3 Å². The maximum absolute atomic E-state index is 12.4. The average molecular weight is 374 g/mol. The second-order valence-electron chi connectivity index (χ2n) is 5.48. The monoisotopic (exact) mass is 373 g/mol. The van der Waals surface area contributed by atoms with Crippen LogP contribution in [-0.2, 0) is 10.0 Å². The van der Waals surface area contributed by atoms with E-state index in [0.717, 1.165) is 11.3 Å². The van der Waals surface area contributed by atoms with Crippen LogP contribution in [-0.4, -0.2) is 13.4 Å². The smallest absolute Gasteiger partial charge is 0.261 e. The van der Waals surface area contributed by atoms with E-state index in [1.807, 2.05) is 19.1 Å². The van der Waals surface area contributed by atoms with Crippen LogP contribution < -0.4 is 10.0 Å². The molecule has 1 aromatic heterocycles. The number of anilines is 3. The lowest BCUT2D eigenvalue weighted by Gasteiger charge is -2.10. The summed E-state index contributed by atoms with van der Waals surface area (Å²) < 4.78 is 27.2. The number of pyridine rings is 1. The molecule has 25 heavy (non-hydrogen) atoms. The molecule has 0 aliphatic rings. The van der Waals surface area contributed by atoms with E-state index in [2.05, 4.69) is 15.0 Å². The minimum absolute atomic E-state index is 0.210. The van der Waals surface area contributed by atoms with Gasteiger partial charge in [0, 0.05) is 10.7 Å². The fourth-order valence-electron chi connectivity index (χ4n) is 2.14. The molecule has 1 heterocycles. The van der Waals surface area contributed by atoms with Gasteiger partial charge in [-0.15, -0.1) is 0 Å². The molecule has 7 heteroatoms. The first-order valence-corrected chi connectivity index (χ1v) is 9.37. The van der Waals surface area contributed by atoms with Crippen molar-refractivity contribution in [3.63, 3.8) is 0 Å². The Morgan fingerprint density at radius 1 is 0.880 bits per heavy atom. The van der Waals surface area contributed by atoms with Gasteiger partial charge >= 0.3 is 0 Å². The van der Waals surface area contributed by atoms with E-state index in [1.165, 1.54) is 6.20 Å². The lowest BCUT2D eigenvalue weighted by molar-refractivity contribution is 0.601. The first-order chi connectivity index (χ1) is 11.9. The van der Waals surface area contributed by atoms with Crippen molar-refractivity contribution in [1.82, 2.24) is 4.98 Å². The maximum atomic E-state index is 12.4. The predicted octanol–water partition coefficient (Wildman–Crippen LogP) is 4.59. The standard InChI is InChI=1S/C18H16ClN3O2S/c1-13-2-9-17(10-3-13)25(23,24)22-16-8-11-18(20-12-16)21-15-6-4-14(19)5-7-15/h2-12,22H,1H3,(H,20,21). The van der Waals surface area contributed by atoms with E-state index in [9.17, 15) is 8.42 Å². The van der Waals surface area contributed by atoms with Crippen LogP contribution in [0.3, 0.4) is 0 Å². The Hall–Kier alpha value is -2.57. The predicted molar refractivity (Wildman–Crippen MR) is 101 cm³/mol. The summed E-state index contributed by atoms with van der Waals surface area (Å²) >= 11 is 5.85. The fraction of sp³-hybridized carbons (Fsp3) is 0.0556. The molecule has 3 rings (SSSR count). The second kappa shape index (κ2) is 7.13. The highest BCUT2D eigenvalue weighted by Gasteiger charge is 2.13. The summed E-state index contributed by atoms with van der Waals surface area (Å²) in [6.45, 7) is 1.90. The Kier molecular flexibility index (Phi) is 4.92. The molecular formula is C18H16ClN3O2S. The molecule has 0 spiro atoms. The molecule has 0 amide bonds. The van der Waals surface area contributed by atoms with E-state index in [0.29, 0.717) is 16.5 Å². The van der Waals surface area contributed by atoms with Gasteiger partial charge < -0.3 is 5.32 Å². The molecule has 0 radical (unpaired) electrons. The molecule has 0 saturated heterocycles. The molecule has 128 valence electrons. The SMILES string of the molecule is Cc1ccc(S(=O)(=O)Nc2ccc(Nc3ccc(Cl)cc3)nc2)cc1. The number of halogens is 1. The zero-order valence-electron chi connectivity index (χ0n) is 13.4. The van der Waals surface area contributed by atoms with Crippen LogP contribution in [0.2, 0.25) is 5.02 Å². The fourth-order valence-corrected chi connectivity index (χ4v) is 3.31. The summed E-state index contributed by atoms with van der Waals surface area (Å²) in [5, 5.41) is 3.76. The maximum Gasteiger partial charge on any atom is 0.261 e. The summed E-state index contributed by atoms with van der Waals surface area (Å²) in [6.07, 6.45) is 1.46. The van der Waals surface area contributed by atoms with E-state index in [1.54, 1.807) is 48.5 Å². The van der Waals surface area contributed by atoms with Crippen LogP contribution >= 0.6 is 11.6 Å². The number of nitrogens with zero attached hydrogens (tertiary/aromatic N) is 1. The van der Waals surface area contributed by atoms with Gasteiger partial charge in [-0.25, -0.2) is 13.4 Å². The minimum atomic E-state index is -3.63. The van der Waals surface area contributed by atoms with Gasteiger partial charge in [0.15, 0.2) is 0 Å². The number of rotatable bonds is 5. The third-order valence-corrected chi connectivity index (χ3v) is 5.11. The number of benzene rings is 2. The number of hydrogen-bond acceptors (Lipinski definition) is 4. The van der Waals surface area contributed by atoms with E-state index >= 15 is 0 Å². The summed E-state index contributed by atoms with van der Waals surface area (Å²) in [5.41, 5.74) is 2.23. The van der Waals surface area contributed by atoms with Crippen LogP contribution in [0.5, 0.6) is 0 Å². The van der Waals surface area contributed by atoms with Crippen LogP contribution in [0.25, 0.3) is 0 Å². The Morgan fingerprint density at radius 2 is 1.52 bits per heavy atom. The van der Waals surface area contributed by atoms with Gasteiger partial charge in [-0.05, 0) is 55.5 Å². The van der Waals surface area contributed by atoms with Crippen LogP contribution in [0.1, 0.15) is 5.56 Å². The van der Waals surface area contributed by atoms with Crippen LogP contribution in [0.15, 0.2) is 71.8 Å². The van der Waals surface area contributed by atoms with Crippen molar-refractivity contribution in [2.24, 2.45) is 0 Å². The molecule has 0 bridgehead atoms. The molecule has 0 atom stereocenters. The third-order valence-electron chi connectivity index (χ3n) is 3.46. The van der Waals surface area contributed by atoms with Crippen molar-refractivity contribution in [3.8, 4) is 0 Å². The highest BCUT2D eigenvalue weighted by molar-refractivity contribution is 7.92. The zero-order chi connectivity index (χ0) is 17.9. The number of aromatic nitrogens is 1. The van der Waals surface area contributed by atoms with Gasteiger partial charge in [0.1, 0.15) is 5.82 Å². The van der Waals surface area contributed by atoms with Crippen molar-refractivity contribution >= 4 is 38.8 Å². The Balaban J connectivity index is 1.71. The molecule has 0 fully saturated rings. The molecule has 2 N–H and O–H groups in total. The zero-order valence-corrected chi connectivity index (χ0v) is 15.0. The van der Waals surface area contributed by atoms with Crippen molar-refractivity contribution in [1.29, 1.82) is 0 Å². The first kappa shape index (κ1) is 17.3. The molecule has 3 aromatic rings. The summed E-state index contributed by atoms with van der Waals surface area (Å²) in [6, 6.07) is 17.2. The van der Waals surface area contributed by atoms with Crippen molar-refractivity contribution in [3.05, 3.63) is 77.4 Å². The minimum Gasteiger partial charge on any atom is -0.340 e. The summed E-state index contributed by atoms with van der Waals surface area (Å²) in [4.78, 5) is 4.43. The lowest BCUT2D eigenvalue weighted by atomic mass is 10.2.